The number of anilines is 1. The molecule has 0 spiro atoms. The summed E-state index contributed by atoms with van der Waals surface area (Å²) in [5.41, 5.74) is 0.0655. The van der Waals surface area contributed by atoms with E-state index in [1.54, 1.807) is 18.3 Å². The molecule has 0 aliphatic rings. The van der Waals surface area contributed by atoms with Crippen LogP contribution in [0.15, 0.2) is 36.5 Å². The lowest BCUT2D eigenvalue weighted by Gasteiger charge is -2.17. The Balaban J connectivity index is 2.10. The molecular weight excluding hydrogens is 441 g/mol. The van der Waals surface area contributed by atoms with Crippen LogP contribution in [0.1, 0.15) is 47.8 Å². The van der Waals surface area contributed by atoms with Crippen molar-refractivity contribution in [3.63, 3.8) is 0 Å². The summed E-state index contributed by atoms with van der Waals surface area (Å²) in [6.07, 6.45) is -0.524. The van der Waals surface area contributed by atoms with Crippen molar-refractivity contribution in [2.45, 2.75) is 38.9 Å². The Hall–Kier alpha value is -2.72. The first-order valence-electron chi connectivity index (χ1n) is 10.2. The maximum atomic E-state index is 13.5. The van der Waals surface area contributed by atoms with Crippen molar-refractivity contribution < 1.29 is 22.7 Å². The van der Waals surface area contributed by atoms with Crippen LogP contribution in [0.5, 0.6) is 5.75 Å². The number of thiocarbonyl (C=S) groups is 1. The number of nitrogens with zero attached hydrogens (tertiary/aromatic N) is 2. The highest BCUT2D eigenvalue weighted by atomic mass is 32.1. The molecule has 2 aromatic rings. The lowest BCUT2D eigenvalue weighted by atomic mass is 10.1. The number of nitrogens with one attached hydrogen (secondary N) is 2. The van der Waals surface area contributed by atoms with E-state index in [1.807, 2.05) is 25.9 Å². The third-order valence-corrected chi connectivity index (χ3v) is 4.58. The van der Waals surface area contributed by atoms with E-state index in [9.17, 15) is 18.0 Å². The van der Waals surface area contributed by atoms with Gasteiger partial charge in [0.25, 0.3) is 5.91 Å². The molecule has 1 amide bonds. The molecule has 0 fully saturated rings. The van der Waals surface area contributed by atoms with Gasteiger partial charge in [-0.1, -0.05) is 19.8 Å². The first-order valence-corrected chi connectivity index (χ1v) is 10.6. The number of aromatic nitrogens is 1. The second kappa shape index (κ2) is 11.8. The molecule has 1 heterocycles. The highest BCUT2D eigenvalue weighted by Crippen LogP contribution is 2.38. The van der Waals surface area contributed by atoms with Crippen LogP contribution in [0, 0.1) is 0 Å². The highest BCUT2D eigenvalue weighted by Gasteiger charge is 2.34. The van der Waals surface area contributed by atoms with Gasteiger partial charge in [-0.25, -0.2) is 0 Å². The van der Waals surface area contributed by atoms with Crippen LogP contribution < -0.4 is 15.4 Å². The lowest BCUT2D eigenvalue weighted by molar-refractivity contribution is -0.138. The molecule has 6 nitrogen and oxygen atoms in total. The van der Waals surface area contributed by atoms with Crippen LogP contribution in [-0.4, -0.2) is 41.6 Å². The molecular formula is C22H27F3N4O2S. The molecule has 32 heavy (non-hydrogen) atoms. The van der Waals surface area contributed by atoms with Gasteiger partial charge in [0, 0.05) is 18.4 Å². The number of ether oxygens (including phenoxy) is 1. The zero-order valence-corrected chi connectivity index (χ0v) is 19.1. The van der Waals surface area contributed by atoms with Crippen molar-refractivity contribution in [2.24, 2.45) is 0 Å². The van der Waals surface area contributed by atoms with E-state index in [1.165, 1.54) is 12.1 Å². The van der Waals surface area contributed by atoms with Gasteiger partial charge in [-0.2, -0.15) is 13.2 Å². The van der Waals surface area contributed by atoms with Gasteiger partial charge >= 0.3 is 6.18 Å². The largest absolute Gasteiger partial charge is 0.493 e. The highest BCUT2D eigenvalue weighted by molar-refractivity contribution is 7.80. The zero-order valence-electron chi connectivity index (χ0n) is 18.3. The number of rotatable bonds is 9. The number of carbonyl (C=O) groups excluding carboxylic acids is 1. The van der Waals surface area contributed by atoms with Gasteiger partial charge in [0.15, 0.2) is 5.11 Å². The van der Waals surface area contributed by atoms with Crippen molar-refractivity contribution in [2.75, 3.05) is 26.0 Å². The number of hydrogen-bond acceptors (Lipinski definition) is 5. The van der Waals surface area contributed by atoms with E-state index in [-0.39, 0.29) is 23.2 Å². The predicted molar refractivity (Wildman–Crippen MR) is 122 cm³/mol. The standard InChI is InChI=1S/C22H27F3N4O2S/c1-4-5-6-12-31-19-10-9-15(13-17(19)22(23,24)25)27-21(32)28-20(30)16-8-7-11-26-18(16)14-29(2)3/h7-11,13H,4-6,12,14H2,1-3H3,(H2,27,28,30,32). The lowest BCUT2D eigenvalue weighted by Crippen LogP contribution is -2.35. The second-order valence-corrected chi connectivity index (χ2v) is 7.82. The van der Waals surface area contributed by atoms with Gasteiger partial charge in [0.05, 0.1) is 23.4 Å². The zero-order chi connectivity index (χ0) is 23.7. The van der Waals surface area contributed by atoms with Crippen molar-refractivity contribution in [3.8, 4) is 5.75 Å². The molecule has 0 aliphatic heterocycles. The minimum Gasteiger partial charge on any atom is -0.493 e. The molecule has 0 aliphatic carbocycles. The maximum absolute atomic E-state index is 13.5. The number of unbranched alkanes of at least 4 members (excludes halogenated alkanes) is 2. The smallest absolute Gasteiger partial charge is 0.420 e. The first kappa shape index (κ1) is 25.5. The van der Waals surface area contributed by atoms with Crippen molar-refractivity contribution in [3.05, 3.63) is 53.3 Å². The molecule has 10 heteroatoms. The number of pyridine rings is 1. The Morgan fingerprint density at radius 2 is 1.97 bits per heavy atom. The summed E-state index contributed by atoms with van der Waals surface area (Å²) in [7, 11) is 3.69. The third kappa shape index (κ3) is 7.76. The molecule has 0 radical (unpaired) electrons. The van der Waals surface area contributed by atoms with Crippen LogP contribution in [0.3, 0.4) is 0 Å². The topological polar surface area (TPSA) is 66.5 Å². The van der Waals surface area contributed by atoms with E-state index in [0.29, 0.717) is 24.2 Å². The fourth-order valence-electron chi connectivity index (χ4n) is 2.89. The molecule has 0 saturated heterocycles. The van der Waals surface area contributed by atoms with E-state index >= 15 is 0 Å². The molecule has 0 unspecified atom stereocenters. The summed E-state index contributed by atoms with van der Waals surface area (Å²) in [6, 6.07) is 6.81. The van der Waals surface area contributed by atoms with Crippen molar-refractivity contribution in [1.82, 2.24) is 15.2 Å². The van der Waals surface area contributed by atoms with Gasteiger partial charge in [-0.15, -0.1) is 0 Å². The summed E-state index contributed by atoms with van der Waals surface area (Å²) in [5.74, 6) is -0.739. The summed E-state index contributed by atoms with van der Waals surface area (Å²) in [4.78, 5) is 18.7. The van der Waals surface area contributed by atoms with Crippen LogP contribution in [0.25, 0.3) is 0 Å². The molecule has 0 atom stereocenters. The quantitative estimate of drug-likeness (QED) is 0.405. The summed E-state index contributed by atoms with van der Waals surface area (Å²) < 4.78 is 45.8. The molecule has 0 saturated carbocycles. The molecule has 174 valence electrons. The predicted octanol–water partition coefficient (Wildman–Crippen LogP) is 4.86. The normalized spacial score (nSPS) is 11.3. The monoisotopic (exact) mass is 468 g/mol. The molecule has 1 aromatic heterocycles. The van der Waals surface area contributed by atoms with E-state index in [0.717, 1.165) is 18.9 Å². The first-order chi connectivity index (χ1) is 15.1. The summed E-state index contributed by atoms with van der Waals surface area (Å²) >= 11 is 5.13. The maximum Gasteiger partial charge on any atom is 0.420 e. The average Bonchev–Trinajstić information content (AvgIpc) is 2.71. The van der Waals surface area contributed by atoms with Gasteiger partial charge in [-0.3, -0.25) is 15.1 Å². The molecule has 1 aromatic carbocycles. The number of alkyl halides is 3. The van der Waals surface area contributed by atoms with Crippen molar-refractivity contribution >= 4 is 28.9 Å². The number of halogens is 3. The fourth-order valence-corrected chi connectivity index (χ4v) is 3.10. The third-order valence-electron chi connectivity index (χ3n) is 4.38. The second-order valence-electron chi connectivity index (χ2n) is 7.41. The molecule has 2 rings (SSSR count). The fraction of sp³-hybridized carbons (Fsp3) is 0.409. The van der Waals surface area contributed by atoms with Crippen LogP contribution in [0.4, 0.5) is 18.9 Å². The van der Waals surface area contributed by atoms with Gasteiger partial charge in [0.1, 0.15) is 5.75 Å². The number of amides is 1. The Bertz CT molecular complexity index is 936. The number of hydrogen-bond donors (Lipinski definition) is 2. The molecule has 0 bridgehead atoms. The Morgan fingerprint density at radius 1 is 1.22 bits per heavy atom. The van der Waals surface area contributed by atoms with Crippen molar-refractivity contribution in [1.29, 1.82) is 0 Å². The van der Waals surface area contributed by atoms with Crippen LogP contribution in [0.2, 0.25) is 0 Å². The Labute approximate surface area is 191 Å². The van der Waals surface area contributed by atoms with E-state index < -0.39 is 17.6 Å². The van der Waals surface area contributed by atoms with Crippen LogP contribution in [-0.2, 0) is 12.7 Å². The van der Waals surface area contributed by atoms with E-state index in [4.69, 9.17) is 17.0 Å². The van der Waals surface area contributed by atoms with Gasteiger partial charge in [-0.05, 0) is 63.1 Å². The Morgan fingerprint density at radius 3 is 2.62 bits per heavy atom. The minimum absolute atomic E-state index is 0.0863. The average molecular weight is 469 g/mol. The number of carbonyl (C=O) groups is 1. The van der Waals surface area contributed by atoms with Gasteiger partial charge < -0.3 is 15.0 Å². The minimum atomic E-state index is -4.60. The van der Waals surface area contributed by atoms with E-state index in [2.05, 4.69) is 15.6 Å². The SMILES string of the molecule is CCCCCOc1ccc(NC(=S)NC(=O)c2cccnc2CN(C)C)cc1C(F)(F)F. The molecule has 2 N–H and O–H groups in total. The summed E-state index contributed by atoms with van der Waals surface area (Å²) in [5, 5.41) is 5.00. The van der Waals surface area contributed by atoms with Gasteiger partial charge in [0.2, 0.25) is 0 Å². The summed E-state index contributed by atoms with van der Waals surface area (Å²) in [6.45, 7) is 2.65. The van der Waals surface area contributed by atoms with Crippen LogP contribution >= 0.6 is 12.2 Å². The number of benzene rings is 1. The Kier molecular flexibility index (Phi) is 9.40.